The molecule has 0 bridgehead atoms. The Kier molecular flexibility index (Phi) is 3.56. The minimum Gasteiger partial charge on any atom is -0.317 e. The molecule has 0 spiro atoms. The molecule has 2 unspecified atom stereocenters. The average Bonchev–Trinajstić information content (AvgIpc) is 2.73. The highest BCUT2D eigenvalue weighted by Crippen LogP contribution is 2.37. The van der Waals surface area contributed by atoms with Gasteiger partial charge in [-0.25, -0.2) is 0 Å². The lowest BCUT2D eigenvalue weighted by Gasteiger charge is -2.36. The van der Waals surface area contributed by atoms with Gasteiger partial charge in [0.15, 0.2) is 0 Å². The Morgan fingerprint density at radius 1 is 1.26 bits per heavy atom. The second kappa shape index (κ2) is 5.33. The van der Waals surface area contributed by atoms with Crippen LogP contribution in [0.25, 0.3) is 10.9 Å². The molecule has 2 aromatic rings. The topological polar surface area (TPSA) is 29.9 Å². The van der Waals surface area contributed by atoms with E-state index in [-0.39, 0.29) is 0 Å². The number of hydrogen-bond donors (Lipinski definition) is 1. The molecule has 1 fully saturated rings. The van der Waals surface area contributed by atoms with Gasteiger partial charge in [-0.15, -0.1) is 0 Å². The molecular formula is C16H23N3. The van der Waals surface area contributed by atoms with Crippen LogP contribution in [0.1, 0.15) is 25.5 Å². The van der Waals surface area contributed by atoms with Gasteiger partial charge in [0.05, 0.1) is 11.2 Å². The highest BCUT2D eigenvalue weighted by molar-refractivity contribution is 5.81. The Hall–Kier alpha value is -1.35. The van der Waals surface area contributed by atoms with Crippen LogP contribution in [0.2, 0.25) is 0 Å². The van der Waals surface area contributed by atoms with Crippen molar-refractivity contribution in [1.29, 1.82) is 0 Å². The van der Waals surface area contributed by atoms with Gasteiger partial charge in [-0.3, -0.25) is 4.68 Å². The van der Waals surface area contributed by atoms with E-state index in [0.717, 1.165) is 24.8 Å². The van der Waals surface area contributed by atoms with E-state index in [9.17, 15) is 0 Å². The van der Waals surface area contributed by atoms with Gasteiger partial charge in [0.1, 0.15) is 0 Å². The van der Waals surface area contributed by atoms with Gasteiger partial charge in [-0.05, 0) is 50.3 Å². The molecule has 0 radical (unpaired) electrons. The molecular weight excluding hydrogens is 234 g/mol. The van der Waals surface area contributed by atoms with Crippen LogP contribution in [-0.2, 0) is 13.5 Å². The number of aromatic nitrogens is 2. The van der Waals surface area contributed by atoms with Crippen LogP contribution in [0.3, 0.4) is 0 Å². The van der Waals surface area contributed by atoms with Crippen LogP contribution in [-0.4, -0.2) is 22.9 Å². The molecule has 1 aliphatic carbocycles. The lowest BCUT2D eigenvalue weighted by molar-refractivity contribution is 0.171. The second-order valence-electron chi connectivity index (χ2n) is 5.70. The summed E-state index contributed by atoms with van der Waals surface area (Å²) in [4.78, 5) is 0. The summed E-state index contributed by atoms with van der Waals surface area (Å²) >= 11 is 0. The van der Waals surface area contributed by atoms with Crippen molar-refractivity contribution in [2.45, 2.75) is 26.2 Å². The van der Waals surface area contributed by atoms with E-state index in [1.54, 1.807) is 0 Å². The maximum Gasteiger partial charge on any atom is 0.0706 e. The van der Waals surface area contributed by atoms with Crippen LogP contribution in [0, 0.1) is 11.8 Å². The highest BCUT2D eigenvalue weighted by atomic mass is 15.3. The van der Waals surface area contributed by atoms with Crippen LogP contribution >= 0.6 is 0 Å². The lowest BCUT2D eigenvalue weighted by atomic mass is 9.71. The number of aryl methyl sites for hydroxylation is 1. The molecule has 3 rings (SSSR count). The molecule has 3 heteroatoms. The first kappa shape index (κ1) is 12.7. The fraction of sp³-hybridized carbons (Fsp3) is 0.562. The number of benzene rings is 1. The standard InChI is InChI=1S/C16H23N3/c1-3-17-11-13-9-8-12(13)10-15-14-6-4-5-7-16(14)19(2)18-15/h4-7,12-13,17H,3,8-11H2,1-2H3. The van der Waals surface area contributed by atoms with Gasteiger partial charge < -0.3 is 5.32 Å². The van der Waals surface area contributed by atoms with Gasteiger partial charge >= 0.3 is 0 Å². The third kappa shape index (κ3) is 2.39. The summed E-state index contributed by atoms with van der Waals surface area (Å²) in [7, 11) is 2.04. The summed E-state index contributed by atoms with van der Waals surface area (Å²) < 4.78 is 2.02. The van der Waals surface area contributed by atoms with Gasteiger partial charge in [0, 0.05) is 12.4 Å². The normalized spacial score (nSPS) is 22.6. The monoisotopic (exact) mass is 257 g/mol. The summed E-state index contributed by atoms with van der Waals surface area (Å²) in [6.07, 6.45) is 3.88. The fourth-order valence-electron chi connectivity index (χ4n) is 3.19. The molecule has 1 aliphatic rings. The first-order chi connectivity index (χ1) is 9.29. The van der Waals surface area contributed by atoms with Crippen molar-refractivity contribution < 1.29 is 0 Å². The molecule has 1 aromatic carbocycles. The van der Waals surface area contributed by atoms with E-state index in [1.165, 1.54) is 36.0 Å². The van der Waals surface area contributed by atoms with Gasteiger partial charge in [-0.1, -0.05) is 25.1 Å². The van der Waals surface area contributed by atoms with E-state index in [2.05, 4.69) is 36.5 Å². The van der Waals surface area contributed by atoms with Gasteiger partial charge in [-0.2, -0.15) is 5.10 Å². The van der Waals surface area contributed by atoms with Crippen molar-refractivity contribution in [3.05, 3.63) is 30.0 Å². The largest absolute Gasteiger partial charge is 0.317 e. The summed E-state index contributed by atoms with van der Waals surface area (Å²) in [5.74, 6) is 1.66. The Balaban J connectivity index is 1.75. The number of para-hydroxylation sites is 1. The Labute approximate surface area is 115 Å². The molecule has 102 valence electrons. The fourth-order valence-corrected chi connectivity index (χ4v) is 3.19. The zero-order chi connectivity index (χ0) is 13.2. The molecule has 3 nitrogen and oxygen atoms in total. The minimum absolute atomic E-state index is 0.817. The highest BCUT2D eigenvalue weighted by Gasteiger charge is 2.31. The molecule has 19 heavy (non-hydrogen) atoms. The second-order valence-corrected chi connectivity index (χ2v) is 5.70. The van der Waals surface area contributed by atoms with Crippen LogP contribution in [0.15, 0.2) is 24.3 Å². The van der Waals surface area contributed by atoms with Crippen LogP contribution < -0.4 is 5.32 Å². The van der Waals surface area contributed by atoms with Crippen molar-refractivity contribution in [3.8, 4) is 0 Å². The summed E-state index contributed by atoms with van der Waals surface area (Å²) in [5.41, 5.74) is 2.53. The van der Waals surface area contributed by atoms with Crippen molar-refractivity contribution in [2.24, 2.45) is 18.9 Å². The molecule has 2 atom stereocenters. The quantitative estimate of drug-likeness (QED) is 0.892. The number of fused-ring (bicyclic) bond motifs is 1. The van der Waals surface area contributed by atoms with E-state index >= 15 is 0 Å². The van der Waals surface area contributed by atoms with Gasteiger partial charge in [0.2, 0.25) is 0 Å². The Morgan fingerprint density at radius 2 is 2.05 bits per heavy atom. The van der Waals surface area contributed by atoms with Crippen molar-refractivity contribution in [3.63, 3.8) is 0 Å². The Bertz CT molecular complexity index is 558. The van der Waals surface area contributed by atoms with E-state index < -0.39 is 0 Å². The third-order valence-electron chi connectivity index (χ3n) is 4.52. The maximum atomic E-state index is 4.72. The lowest BCUT2D eigenvalue weighted by Crippen LogP contribution is -2.36. The molecule has 0 saturated heterocycles. The zero-order valence-electron chi connectivity index (χ0n) is 11.9. The smallest absolute Gasteiger partial charge is 0.0706 e. The average molecular weight is 257 g/mol. The predicted molar refractivity (Wildman–Crippen MR) is 79.2 cm³/mol. The van der Waals surface area contributed by atoms with Crippen molar-refractivity contribution >= 4 is 10.9 Å². The van der Waals surface area contributed by atoms with Crippen LogP contribution in [0.4, 0.5) is 0 Å². The van der Waals surface area contributed by atoms with E-state index in [1.807, 2.05) is 11.7 Å². The number of hydrogen-bond acceptors (Lipinski definition) is 2. The summed E-state index contributed by atoms with van der Waals surface area (Å²) in [6, 6.07) is 8.56. The minimum atomic E-state index is 0.817. The first-order valence-electron chi connectivity index (χ1n) is 7.41. The molecule has 1 heterocycles. The van der Waals surface area contributed by atoms with E-state index in [0.29, 0.717) is 0 Å². The number of nitrogens with zero attached hydrogens (tertiary/aromatic N) is 2. The molecule has 0 amide bonds. The molecule has 1 N–H and O–H groups in total. The maximum absolute atomic E-state index is 4.72. The molecule has 1 saturated carbocycles. The van der Waals surface area contributed by atoms with Crippen molar-refractivity contribution in [2.75, 3.05) is 13.1 Å². The Morgan fingerprint density at radius 3 is 2.79 bits per heavy atom. The third-order valence-corrected chi connectivity index (χ3v) is 4.52. The van der Waals surface area contributed by atoms with Crippen molar-refractivity contribution in [1.82, 2.24) is 15.1 Å². The van der Waals surface area contributed by atoms with Crippen LogP contribution in [0.5, 0.6) is 0 Å². The molecule has 0 aliphatic heterocycles. The van der Waals surface area contributed by atoms with Gasteiger partial charge in [0.25, 0.3) is 0 Å². The summed E-state index contributed by atoms with van der Waals surface area (Å²) in [6.45, 7) is 4.43. The number of nitrogens with one attached hydrogen (secondary N) is 1. The molecule has 1 aromatic heterocycles. The number of rotatable bonds is 5. The van der Waals surface area contributed by atoms with E-state index in [4.69, 9.17) is 5.10 Å². The SMILES string of the molecule is CCNCC1CCC1Cc1nn(C)c2ccccc12. The predicted octanol–water partition coefficient (Wildman–Crippen LogP) is 2.75. The zero-order valence-corrected chi connectivity index (χ0v) is 11.9. The summed E-state index contributed by atoms with van der Waals surface area (Å²) in [5, 5.41) is 9.54. The first-order valence-corrected chi connectivity index (χ1v) is 7.41.